The zero-order valence-corrected chi connectivity index (χ0v) is 20.4. The van der Waals surface area contributed by atoms with Crippen molar-refractivity contribution in [3.8, 4) is 0 Å². The average molecular weight is 468 g/mol. The molecule has 4 rings (SSSR count). The van der Waals surface area contributed by atoms with E-state index < -0.39 is 0 Å². The van der Waals surface area contributed by atoms with Crippen LogP contribution in [0, 0.1) is 5.92 Å². The average Bonchev–Trinajstić information content (AvgIpc) is 2.85. The van der Waals surface area contributed by atoms with E-state index in [2.05, 4.69) is 55.6 Å². The smallest absolute Gasteiger partial charge is 0.251 e. The molecule has 172 valence electrons. The van der Waals surface area contributed by atoms with Gasteiger partial charge in [-0.15, -0.1) is 11.3 Å². The molecule has 1 aromatic heterocycles. The molecular weight excluding hydrogens is 438 g/mol. The van der Waals surface area contributed by atoms with E-state index in [9.17, 15) is 9.59 Å². The number of allylic oxidation sites excluding steroid dienone is 3. The van der Waals surface area contributed by atoms with Crippen LogP contribution in [0.15, 0.2) is 89.8 Å². The van der Waals surface area contributed by atoms with Crippen LogP contribution in [-0.4, -0.2) is 5.91 Å². The zero-order valence-electron chi connectivity index (χ0n) is 19.6. The van der Waals surface area contributed by atoms with E-state index >= 15 is 0 Å². The van der Waals surface area contributed by atoms with E-state index in [1.165, 1.54) is 0 Å². The highest BCUT2D eigenvalue weighted by Crippen LogP contribution is 2.25. The fourth-order valence-electron chi connectivity index (χ4n) is 3.72. The van der Waals surface area contributed by atoms with E-state index in [0.717, 1.165) is 33.4 Å². The second-order valence-electron chi connectivity index (χ2n) is 8.80. The Morgan fingerprint density at radius 1 is 0.912 bits per heavy atom. The highest BCUT2D eigenvalue weighted by molar-refractivity contribution is 7.24. The van der Waals surface area contributed by atoms with Crippen molar-refractivity contribution in [1.29, 1.82) is 0 Å². The summed E-state index contributed by atoms with van der Waals surface area (Å²) in [6.07, 6.45) is 10.7. The molecule has 3 aromatic carbocycles. The van der Waals surface area contributed by atoms with Gasteiger partial charge in [-0.25, -0.2) is 0 Å². The second-order valence-corrected chi connectivity index (χ2v) is 9.89. The lowest BCUT2D eigenvalue weighted by molar-refractivity contribution is 0.0951. The first kappa shape index (κ1) is 23.7. The maximum atomic E-state index is 12.9. The normalized spacial score (nSPS) is 11.9. The number of fused-ring (bicyclic) bond motifs is 2. The van der Waals surface area contributed by atoms with Crippen molar-refractivity contribution < 1.29 is 4.79 Å². The molecule has 0 aliphatic heterocycles. The summed E-state index contributed by atoms with van der Waals surface area (Å²) in [5.74, 6) is 0.510. The summed E-state index contributed by atoms with van der Waals surface area (Å²) in [4.78, 5) is 25.6. The Morgan fingerprint density at radius 3 is 2.47 bits per heavy atom. The van der Waals surface area contributed by atoms with Crippen LogP contribution >= 0.6 is 11.3 Å². The van der Waals surface area contributed by atoms with Gasteiger partial charge < -0.3 is 5.32 Å². The van der Waals surface area contributed by atoms with Crippen molar-refractivity contribution in [2.45, 2.75) is 33.2 Å². The van der Waals surface area contributed by atoms with Gasteiger partial charge in [-0.2, -0.15) is 0 Å². The Labute approximate surface area is 204 Å². The number of nitrogens with one attached hydrogen (secondary N) is 1. The molecule has 0 bridgehead atoms. The minimum absolute atomic E-state index is 0.0296. The second kappa shape index (κ2) is 11.1. The number of benzene rings is 3. The van der Waals surface area contributed by atoms with Crippen LogP contribution in [0.3, 0.4) is 0 Å². The van der Waals surface area contributed by atoms with Gasteiger partial charge in [0.05, 0.1) is 0 Å². The van der Waals surface area contributed by atoms with Gasteiger partial charge in [0.1, 0.15) is 0 Å². The summed E-state index contributed by atoms with van der Waals surface area (Å²) in [7, 11) is 0. The van der Waals surface area contributed by atoms with Crippen molar-refractivity contribution in [3.05, 3.63) is 112 Å². The van der Waals surface area contributed by atoms with E-state index in [1.54, 1.807) is 23.5 Å². The molecule has 1 N–H and O–H groups in total. The van der Waals surface area contributed by atoms with Crippen molar-refractivity contribution >= 4 is 43.5 Å². The number of carbonyl (C=O) groups excluding carboxylic acids is 1. The van der Waals surface area contributed by atoms with Gasteiger partial charge in [-0.3, -0.25) is 9.59 Å². The Kier molecular flexibility index (Phi) is 7.71. The lowest BCUT2D eigenvalue weighted by Gasteiger charge is -2.07. The van der Waals surface area contributed by atoms with Crippen LogP contribution in [0.25, 0.3) is 26.2 Å². The quantitative estimate of drug-likeness (QED) is 0.217. The fourth-order valence-corrected chi connectivity index (χ4v) is 4.77. The molecule has 0 fully saturated rings. The number of carbonyl (C=O) groups is 1. The summed E-state index contributed by atoms with van der Waals surface area (Å²) in [5.41, 5.74) is 2.63. The lowest BCUT2D eigenvalue weighted by atomic mass is 10.1. The van der Waals surface area contributed by atoms with E-state index in [1.807, 2.05) is 42.5 Å². The first-order valence-electron chi connectivity index (χ1n) is 11.7. The molecular formula is C30H29NO2S. The van der Waals surface area contributed by atoms with E-state index in [0.29, 0.717) is 28.8 Å². The molecule has 0 aliphatic rings. The lowest BCUT2D eigenvalue weighted by Crippen LogP contribution is -2.22. The summed E-state index contributed by atoms with van der Waals surface area (Å²) < 4.78 is 1.84. The Balaban J connectivity index is 1.38. The maximum Gasteiger partial charge on any atom is 0.251 e. The predicted molar refractivity (Wildman–Crippen MR) is 145 cm³/mol. The molecule has 34 heavy (non-hydrogen) atoms. The largest absolute Gasteiger partial charge is 0.348 e. The minimum Gasteiger partial charge on any atom is -0.348 e. The first-order valence-corrected chi connectivity index (χ1v) is 12.5. The van der Waals surface area contributed by atoms with Crippen LogP contribution < -0.4 is 10.7 Å². The Hall–Kier alpha value is -3.50. The summed E-state index contributed by atoms with van der Waals surface area (Å²) in [6, 6.07) is 21.1. The van der Waals surface area contributed by atoms with Gasteiger partial charge >= 0.3 is 0 Å². The van der Waals surface area contributed by atoms with E-state index in [-0.39, 0.29) is 11.3 Å². The molecule has 4 aromatic rings. The van der Waals surface area contributed by atoms with Crippen molar-refractivity contribution in [1.82, 2.24) is 5.32 Å². The molecule has 0 aliphatic carbocycles. The van der Waals surface area contributed by atoms with Crippen LogP contribution in [0.5, 0.6) is 0 Å². The molecule has 0 radical (unpaired) electrons. The fraction of sp³-hybridized carbons (Fsp3) is 0.200. The minimum atomic E-state index is -0.184. The van der Waals surface area contributed by atoms with Gasteiger partial charge in [0, 0.05) is 32.3 Å². The number of hydrogen-bond acceptors (Lipinski definition) is 3. The third kappa shape index (κ3) is 5.89. The summed E-state index contributed by atoms with van der Waals surface area (Å²) >= 11 is 1.57. The third-order valence-corrected chi connectivity index (χ3v) is 6.78. The molecule has 1 amide bonds. The van der Waals surface area contributed by atoms with Gasteiger partial charge in [-0.05, 0) is 60.2 Å². The third-order valence-electron chi connectivity index (χ3n) is 5.63. The molecule has 1 heterocycles. The number of rotatable bonds is 8. The van der Waals surface area contributed by atoms with Gasteiger partial charge in [0.2, 0.25) is 0 Å². The Bertz CT molecular complexity index is 1410. The molecule has 4 heteroatoms. The number of hydrogen-bond donors (Lipinski definition) is 1. The first-order chi connectivity index (χ1) is 16.5. The topological polar surface area (TPSA) is 46.2 Å². The molecule has 0 saturated heterocycles. The maximum absolute atomic E-state index is 12.9. The molecule has 0 unspecified atom stereocenters. The monoisotopic (exact) mass is 467 g/mol. The van der Waals surface area contributed by atoms with E-state index in [4.69, 9.17) is 0 Å². The van der Waals surface area contributed by atoms with Crippen molar-refractivity contribution in [2.24, 2.45) is 5.92 Å². The highest BCUT2D eigenvalue weighted by Gasteiger charge is 2.10. The standard InChI is InChI=1S/C30H29NO2S/c1-21(2)9-5-3-4-6-10-22-13-15-23(16-14-22)20-31-30(33)24-17-18-28-26(19-24)29(32)25-11-7-8-12-27(25)34-28/h3,5-8,10-19,21H,4,9,20H2,1-2H3,(H,31,33)/b5-3-,10-6+. The summed E-state index contributed by atoms with van der Waals surface area (Å²) in [6.45, 7) is 4.87. The zero-order chi connectivity index (χ0) is 23.9. The van der Waals surface area contributed by atoms with Crippen LogP contribution in [-0.2, 0) is 6.54 Å². The van der Waals surface area contributed by atoms with Crippen molar-refractivity contribution in [3.63, 3.8) is 0 Å². The number of amides is 1. The van der Waals surface area contributed by atoms with Gasteiger partial charge in [0.15, 0.2) is 5.43 Å². The molecule has 0 atom stereocenters. The Morgan fingerprint density at radius 2 is 1.68 bits per heavy atom. The van der Waals surface area contributed by atoms with Crippen molar-refractivity contribution in [2.75, 3.05) is 0 Å². The molecule has 0 spiro atoms. The molecule has 3 nitrogen and oxygen atoms in total. The van der Waals surface area contributed by atoms with Gasteiger partial charge in [0.25, 0.3) is 5.91 Å². The highest BCUT2D eigenvalue weighted by atomic mass is 32.1. The predicted octanol–water partition coefficient (Wildman–Crippen LogP) is 7.35. The summed E-state index contributed by atoms with van der Waals surface area (Å²) in [5, 5.41) is 4.25. The van der Waals surface area contributed by atoms with Crippen LogP contribution in [0.2, 0.25) is 0 Å². The van der Waals surface area contributed by atoms with Crippen LogP contribution in [0.1, 0.15) is 48.2 Å². The van der Waals surface area contributed by atoms with Crippen LogP contribution in [0.4, 0.5) is 0 Å². The SMILES string of the molecule is CC(C)C/C=C\C/C=C/c1ccc(CNC(=O)c2ccc3sc4ccccc4c(=O)c3c2)cc1. The molecule has 0 saturated carbocycles. The van der Waals surface area contributed by atoms with Gasteiger partial charge in [-0.1, -0.05) is 74.5 Å².